The van der Waals surface area contributed by atoms with Crippen molar-refractivity contribution < 1.29 is 9.59 Å². The molecule has 7 nitrogen and oxygen atoms in total. The summed E-state index contributed by atoms with van der Waals surface area (Å²) in [7, 11) is 0. The molecule has 2 fully saturated rings. The molecular formula is C30H60ClN5O2. The maximum absolute atomic E-state index is 12.9. The highest BCUT2D eigenvalue weighted by molar-refractivity contribution is 5.85. The van der Waals surface area contributed by atoms with E-state index in [9.17, 15) is 9.59 Å². The van der Waals surface area contributed by atoms with Gasteiger partial charge < -0.3 is 19.6 Å². The second-order valence-electron chi connectivity index (χ2n) is 11.9. The van der Waals surface area contributed by atoms with Crippen LogP contribution in [0.15, 0.2) is 0 Å². The summed E-state index contributed by atoms with van der Waals surface area (Å²) in [5.41, 5.74) is 0. The number of nitrogens with zero attached hydrogens (tertiary/aromatic N) is 5. The molecule has 0 saturated carbocycles. The van der Waals surface area contributed by atoms with Crippen LogP contribution in [0.1, 0.15) is 112 Å². The van der Waals surface area contributed by atoms with Crippen LogP contribution in [0.5, 0.6) is 0 Å². The number of carbonyl (C=O) groups excluding carboxylic acids is 2. The number of carbonyl (C=O) groups is 2. The maximum atomic E-state index is 12.9. The van der Waals surface area contributed by atoms with Gasteiger partial charge in [-0.25, -0.2) is 9.59 Å². The van der Waals surface area contributed by atoms with Crippen molar-refractivity contribution in [2.24, 2.45) is 0 Å². The van der Waals surface area contributed by atoms with E-state index in [-0.39, 0.29) is 36.6 Å². The molecule has 0 aromatic carbocycles. The second kappa shape index (κ2) is 19.8. The number of rotatable bonds is 18. The van der Waals surface area contributed by atoms with Gasteiger partial charge in [0.2, 0.25) is 0 Å². The predicted octanol–water partition coefficient (Wildman–Crippen LogP) is 6.70. The second-order valence-corrected chi connectivity index (χ2v) is 11.9. The number of piperazine rings is 1. The lowest BCUT2D eigenvalue weighted by Gasteiger charge is -2.40. The van der Waals surface area contributed by atoms with Gasteiger partial charge in [0.15, 0.2) is 0 Å². The Balaban J connectivity index is 0.00000722. The minimum absolute atomic E-state index is 0. The zero-order valence-electron chi connectivity index (χ0n) is 25.5. The minimum atomic E-state index is 0. The molecule has 2 rings (SSSR count). The first-order chi connectivity index (χ1) is 17.8. The third-order valence-corrected chi connectivity index (χ3v) is 8.12. The van der Waals surface area contributed by atoms with Gasteiger partial charge in [-0.2, -0.15) is 0 Å². The molecular weight excluding hydrogens is 498 g/mol. The predicted molar refractivity (Wildman–Crippen MR) is 162 cm³/mol. The monoisotopic (exact) mass is 557 g/mol. The third-order valence-electron chi connectivity index (χ3n) is 8.12. The molecule has 38 heavy (non-hydrogen) atoms. The molecule has 2 aliphatic heterocycles. The number of hydrogen-bond donors (Lipinski definition) is 0. The average Bonchev–Trinajstić information content (AvgIpc) is 3.22. The number of halogens is 1. The Morgan fingerprint density at radius 3 is 1.58 bits per heavy atom. The van der Waals surface area contributed by atoms with Crippen LogP contribution in [0.4, 0.5) is 9.59 Å². The number of hydrogen-bond acceptors (Lipinski definition) is 3. The lowest BCUT2D eigenvalue weighted by Crippen LogP contribution is -2.56. The van der Waals surface area contributed by atoms with Gasteiger partial charge in [0.1, 0.15) is 0 Å². The van der Waals surface area contributed by atoms with Crippen molar-refractivity contribution in [3.05, 3.63) is 0 Å². The molecule has 4 amide bonds. The zero-order valence-corrected chi connectivity index (χ0v) is 26.3. The first kappa shape index (κ1) is 34.8. The highest BCUT2D eigenvalue weighted by atomic mass is 35.5. The number of amides is 4. The largest absolute Gasteiger partial charge is 0.323 e. The van der Waals surface area contributed by atoms with E-state index in [4.69, 9.17) is 0 Å². The fourth-order valence-corrected chi connectivity index (χ4v) is 5.82. The normalized spacial score (nSPS) is 16.6. The summed E-state index contributed by atoms with van der Waals surface area (Å²) in [6.07, 6.45) is 16.2. The van der Waals surface area contributed by atoms with Crippen molar-refractivity contribution in [1.82, 2.24) is 24.5 Å². The smallest absolute Gasteiger partial charge is 0.320 e. The quantitative estimate of drug-likeness (QED) is 0.176. The Labute approximate surface area is 241 Å². The van der Waals surface area contributed by atoms with Crippen LogP contribution in [0.2, 0.25) is 0 Å². The lowest BCUT2D eigenvalue weighted by atomic mass is 10.1. The first-order valence-corrected chi connectivity index (χ1v) is 15.7. The van der Waals surface area contributed by atoms with Gasteiger partial charge in [-0.15, -0.1) is 12.4 Å². The van der Waals surface area contributed by atoms with Gasteiger partial charge in [0, 0.05) is 71.0 Å². The molecule has 0 radical (unpaired) electrons. The van der Waals surface area contributed by atoms with Crippen LogP contribution >= 0.6 is 12.4 Å². The Morgan fingerprint density at radius 2 is 1.11 bits per heavy atom. The molecule has 0 aromatic heterocycles. The van der Waals surface area contributed by atoms with Gasteiger partial charge in [0.05, 0.1) is 0 Å². The van der Waals surface area contributed by atoms with Crippen LogP contribution in [0.25, 0.3) is 0 Å². The Morgan fingerprint density at radius 1 is 0.658 bits per heavy atom. The van der Waals surface area contributed by atoms with Crippen molar-refractivity contribution in [1.29, 1.82) is 0 Å². The molecule has 2 heterocycles. The molecule has 8 heteroatoms. The molecule has 0 unspecified atom stereocenters. The Bertz CT molecular complexity index is 632. The molecule has 0 spiro atoms. The van der Waals surface area contributed by atoms with E-state index in [1.165, 1.54) is 70.6 Å². The molecule has 0 aliphatic carbocycles. The van der Waals surface area contributed by atoms with E-state index in [0.29, 0.717) is 0 Å². The van der Waals surface area contributed by atoms with Gasteiger partial charge in [-0.05, 0) is 34.1 Å². The molecule has 0 aromatic rings. The summed E-state index contributed by atoms with van der Waals surface area (Å²) in [5.74, 6) is 0. The zero-order chi connectivity index (χ0) is 27.0. The van der Waals surface area contributed by atoms with Crippen LogP contribution in [-0.2, 0) is 0 Å². The van der Waals surface area contributed by atoms with Crippen LogP contribution < -0.4 is 0 Å². The van der Waals surface area contributed by atoms with Gasteiger partial charge in [-0.1, -0.05) is 77.6 Å². The minimum Gasteiger partial charge on any atom is -0.323 e. The van der Waals surface area contributed by atoms with E-state index in [2.05, 4.69) is 44.4 Å². The number of unbranched alkanes of at least 4 members (excludes halogenated alkanes) is 11. The van der Waals surface area contributed by atoms with Crippen molar-refractivity contribution in [2.45, 2.75) is 124 Å². The summed E-state index contributed by atoms with van der Waals surface area (Å²) in [4.78, 5) is 36.2. The van der Waals surface area contributed by atoms with Gasteiger partial charge in [-0.3, -0.25) is 4.90 Å². The fourth-order valence-electron chi connectivity index (χ4n) is 5.82. The van der Waals surface area contributed by atoms with Crippen LogP contribution in [-0.4, -0.2) is 108 Å². The van der Waals surface area contributed by atoms with Gasteiger partial charge >= 0.3 is 12.1 Å². The molecule has 2 saturated heterocycles. The summed E-state index contributed by atoms with van der Waals surface area (Å²) >= 11 is 0. The van der Waals surface area contributed by atoms with Crippen molar-refractivity contribution in [2.75, 3.05) is 58.9 Å². The van der Waals surface area contributed by atoms with Crippen LogP contribution in [0.3, 0.4) is 0 Å². The van der Waals surface area contributed by atoms with Crippen molar-refractivity contribution in [3.8, 4) is 0 Å². The maximum Gasteiger partial charge on any atom is 0.320 e. The Kier molecular flexibility index (Phi) is 18.1. The van der Waals surface area contributed by atoms with E-state index in [1.807, 2.05) is 14.7 Å². The molecule has 0 bridgehead atoms. The topological polar surface area (TPSA) is 50.3 Å². The van der Waals surface area contributed by atoms with E-state index >= 15 is 0 Å². The third kappa shape index (κ3) is 12.3. The fraction of sp³-hybridized carbons (Fsp3) is 0.933. The summed E-state index contributed by atoms with van der Waals surface area (Å²) in [6.45, 7) is 18.3. The van der Waals surface area contributed by atoms with E-state index in [0.717, 1.165) is 65.3 Å². The highest BCUT2D eigenvalue weighted by Gasteiger charge is 2.30. The van der Waals surface area contributed by atoms with E-state index < -0.39 is 0 Å². The van der Waals surface area contributed by atoms with Crippen molar-refractivity contribution >= 4 is 24.5 Å². The molecule has 2 aliphatic rings. The van der Waals surface area contributed by atoms with Crippen molar-refractivity contribution in [3.63, 3.8) is 0 Å². The first-order valence-electron chi connectivity index (χ1n) is 15.7. The average molecular weight is 558 g/mol. The molecule has 0 atom stereocenters. The number of urea groups is 2. The standard InChI is InChI=1S/C30H59N5O2.ClH/c1-6-7-8-9-10-11-12-13-14-15-16-17-18-32-25-26-33(29(32)36)22-19-31-20-23-34(24-21-31)30(37)35(27(2)3)28(4)5;/h27-28H,6-26H2,1-5H3;1H. The van der Waals surface area contributed by atoms with Gasteiger partial charge in [0.25, 0.3) is 0 Å². The summed E-state index contributed by atoms with van der Waals surface area (Å²) in [6, 6.07) is 0.809. The SMILES string of the molecule is CCCCCCCCCCCCCCN1CCN(CCN2CCN(C(=O)N(C(C)C)C(C)C)CC2)C1=O.Cl. The summed E-state index contributed by atoms with van der Waals surface area (Å²) in [5, 5.41) is 0. The lowest BCUT2D eigenvalue weighted by molar-refractivity contribution is 0.0923. The molecule has 224 valence electrons. The highest BCUT2D eigenvalue weighted by Crippen LogP contribution is 2.15. The molecule has 0 N–H and O–H groups in total. The summed E-state index contributed by atoms with van der Waals surface area (Å²) < 4.78 is 0. The van der Waals surface area contributed by atoms with Crippen LogP contribution in [0, 0.1) is 0 Å². The van der Waals surface area contributed by atoms with E-state index in [1.54, 1.807) is 0 Å². The Hall–Kier alpha value is -1.21.